The second kappa shape index (κ2) is 4.75. The molecule has 3 rings (SSSR count). The number of hydrogen-bond acceptors (Lipinski definition) is 5. The largest absolute Gasteiger partial charge is 0.391 e. The van der Waals surface area contributed by atoms with Gasteiger partial charge in [0.1, 0.15) is 5.69 Å². The number of carbonyl (C=O) groups is 1. The molecule has 7 nitrogen and oxygen atoms in total. The molecular formula is C13H15N3O4. The van der Waals surface area contributed by atoms with Gasteiger partial charge in [-0.2, -0.15) is 0 Å². The number of nitrogens with zero attached hydrogens (tertiary/aromatic N) is 2. The van der Waals surface area contributed by atoms with E-state index in [4.69, 9.17) is 0 Å². The zero-order chi connectivity index (χ0) is 14.3. The summed E-state index contributed by atoms with van der Waals surface area (Å²) in [5, 5.41) is 23.7. The number of benzene rings is 1. The van der Waals surface area contributed by atoms with E-state index in [2.05, 4.69) is 5.32 Å². The molecule has 0 bridgehead atoms. The third-order valence-corrected chi connectivity index (χ3v) is 3.76. The Labute approximate surface area is 115 Å². The number of piperidine rings is 1. The van der Waals surface area contributed by atoms with Crippen LogP contribution in [0.5, 0.6) is 0 Å². The van der Waals surface area contributed by atoms with Crippen molar-refractivity contribution in [3.8, 4) is 0 Å². The fourth-order valence-corrected chi connectivity index (χ4v) is 2.82. The second-order valence-corrected chi connectivity index (χ2v) is 5.22. The summed E-state index contributed by atoms with van der Waals surface area (Å²) in [6.45, 7) is 1.05. The second-order valence-electron chi connectivity index (χ2n) is 5.22. The van der Waals surface area contributed by atoms with Crippen molar-refractivity contribution in [2.75, 3.05) is 23.3 Å². The molecule has 0 saturated carbocycles. The minimum atomic E-state index is -0.466. The van der Waals surface area contributed by atoms with Gasteiger partial charge in [-0.05, 0) is 24.5 Å². The van der Waals surface area contributed by atoms with Crippen molar-refractivity contribution in [1.82, 2.24) is 0 Å². The van der Waals surface area contributed by atoms with E-state index < -0.39 is 11.0 Å². The Morgan fingerprint density at radius 2 is 2.25 bits per heavy atom. The van der Waals surface area contributed by atoms with Gasteiger partial charge in [-0.3, -0.25) is 14.9 Å². The van der Waals surface area contributed by atoms with E-state index in [0.29, 0.717) is 36.4 Å². The molecule has 0 radical (unpaired) electrons. The van der Waals surface area contributed by atoms with E-state index >= 15 is 0 Å². The first-order chi connectivity index (χ1) is 9.54. The van der Waals surface area contributed by atoms with Gasteiger partial charge in [0.05, 0.1) is 17.4 Å². The van der Waals surface area contributed by atoms with Crippen LogP contribution in [0, 0.1) is 10.1 Å². The van der Waals surface area contributed by atoms with Gasteiger partial charge < -0.3 is 15.3 Å². The minimum Gasteiger partial charge on any atom is -0.391 e. The lowest BCUT2D eigenvalue weighted by Gasteiger charge is -2.31. The van der Waals surface area contributed by atoms with Gasteiger partial charge in [0.15, 0.2) is 0 Å². The van der Waals surface area contributed by atoms with E-state index in [1.54, 1.807) is 6.07 Å². The molecule has 0 aromatic heterocycles. The maximum absolute atomic E-state index is 11.4. The Morgan fingerprint density at radius 1 is 1.45 bits per heavy atom. The first kappa shape index (κ1) is 12.9. The number of carbonyl (C=O) groups excluding carboxylic acids is 1. The number of anilines is 2. The van der Waals surface area contributed by atoms with Crippen LogP contribution in [0.3, 0.4) is 0 Å². The lowest BCUT2D eigenvalue weighted by Crippen LogP contribution is -2.38. The topological polar surface area (TPSA) is 95.7 Å². The van der Waals surface area contributed by atoms with Crippen molar-refractivity contribution in [1.29, 1.82) is 0 Å². The molecule has 1 saturated heterocycles. The lowest BCUT2D eigenvalue weighted by molar-refractivity contribution is -0.384. The number of hydrogen-bond donors (Lipinski definition) is 2. The number of nitro benzene ring substituents is 1. The number of fused-ring (bicyclic) bond motifs is 1. The Morgan fingerprint density at radius 3 is 2.95 bits per heavy atom. The van der Waals surface area contributed by atoms with E-state index in [1.807, 2.05) is 4.90 Å². The maximum Gasteiger partial charge on any atom is 0.292 e. The number of nitrogens with one attached hydrogen (secondary N) is 1. The minimum absolute atomic E-state index is 0.00523. The van der Waals surface area contributed by atoms with Crippen LogP contribution in [0.2, 0.25) is 0 Å². The molecule has 106 valence electrons. The highest BCUT2D eigenvalue weighted by atomic mass is 16.6. The Bertz CT molecular complexity index is 587. The maximum atomic E-state index is 11.4. The number of rotatable bonds is 2. The van der Waals surface area contributed by atoms with Crippen molar-refractivity contribution >= 4 is 23.0 Å². The van der Waals surface area contributed by atoms with Crippen molar-refractivity contribution in [2.24, 2.45) is 0 Å². The quantitative estimate of drug-likeness (QED) is 0.622. The molecule has 2 aliphatic rings. The molecule has 20 heavy (non-hydrogen) atoms. The molecule has 1 aromatic carbocycles. The van der Waals surface area contributed by atoms with Crippen molar-refractivity contribution in [2.45, 2.75) is 25.4 Å². The molecule has 0 unspecified atom stereocenters. The molecular weight excluding hydrogens is 262 g/mol. The van der Waals surface area contributed by atoms with Gasteiger partial charge >= 0.3 is 0 Å². The van der Waals surface area contributed by atoms with E-state index in [-0.39, 0.29) is 18.0 Å². The molecule has 2 heterocycles. The summed E-state index contributed by atoms with van der Waals surface area (Å²) >= 11 is 0. The summed E-state index contributed by atoms with van der Waals surface area (Å²) in [6, 6.07) is 3.11. The first-order valence-corrected chi connectivity index (χ1v) is 6.59. The summed E-state index contributed by atoms with van der Waals surface area (Å²) < 4.78 is 0. The first-order valence-electron chi connectivity index (χ1n) is 6.59. The van der Waals surface area contributed by atoms with Crippen molar-refractivity contribution in [3.05, 3.63) is 27.8 Å². The van der Waals surface area contributed by atoms with E-state index in [1.165, 1.54) is 6.07 Å². The van der Waals surface area contributed by atoms with Crippen LogP contribution in [-0.2, 0) is 11.2 Å². The highest BCUT2D eigenvalue weighted by Gasteiger charge is 2.29. The molecule has 1 aromatic rings. The molecule has 2 N–H and O–H groups in total. The van der Waals surface area contributed by atoms with Crippen LogP contribution < -0.4 is 10.2 Å². The highest BCUT2D eigenvalue weighted by Crippen LogP contribution is 2.37. The number of β-amino-alcohol motifs (C(OH)–C–C–N with tert-alkyl or cyclic N) is 1. The van der Waals surface area contributed by atoms with Crippen molar-refractivity contribution < 1.29 is 14.8 Å². The summed E-state index contributed by atoms with van der Waals surface area (Å²) in [4.78, 5) is 24.0. The fraction of sp³-hybridized carbons (Fsp3) is 0.462. The van der Waals surface area contributed by atoms with Crippen LogP contribution in [0.25, 0.3) is 0 Å². The molecule has 0 aliphatic carbocycles. The average Bonchev–Trinajstić information content (AvgIpc) is 2.76. The number of amides is 1. The highest BCUT2D eigenvalue weighted by molar-refractivity contribution is 6.00. The smallest absolute Gasteiger partial charge is 0.292 e. The van der Waals surface area contributed by atoms with Gasteiger partial charge in [0.25, 0.3) is 5.69 Å². The van der Waals surface area contributed by atoms with Gasteiger partial charge in [0, 0.05) is 24.8 Å². The predicted molar refractivity (Wildman–Crippen MR) is 72.9 cm³/mol. The average molecular weight is 277 g/mol. The van der Waals surface area contributed by atoms with Crippen molar-refractivity contribution in [3.63, 3.8) is 0 Å². The number of aliphatic hydroxyl groups excluding tert-OH is 1. The van der Waals surface area contributed by atoms with E-state index in [0.717, 1.165) is 6.42 Å². The molecule has 7 heteroatoms. The monoisotopic (exact) mass is 277 g/mol. The normalized spacial score (nSPS) is 21.6. The molecule has 1 atom stereocenters. The van der Waals surface area contributed by atoms with Gasteiger partial charge in [-0.1, -0.05) is 0 Å². The van der Waals surface area contributed by atoms with Crippen LogP contribution >= 0.6 is 0 Å². The summed E-state index contributed by atoms with van der Waals surface area (Å²) in [7, 11) is 0. The Kier molecular flexibility index (Phi) is 3.06. The number of aliphatic hydroxyl groups is 1. The summed E-state index contributed by atoms with van der Waals surface area (Å²) in [5.74, 6) is -0.148. The molecule has 1 amide bonds. The Hall–Kier alpha value is -2.15. The fourth-order valence-electron chi connectivity index (χ4n) is 2.82. The zero-order valence-corrected chi connectivity index (χ0v) is 10.8. The zero-order valence-electron chi connectivity index (χ0n) is 10.8. The predicted octanol–water partition coefficient (Wildman–Crippen LogP) is 1.05. The summed E-state index contributed by atoms with van der Waals surface area (Å²) in [6.07, 6.45) is 1.22. The van der Waals surface area contributed by atoms with Crippen LogP contribution in [-0.4, -0.2) is 35.1 Å². The van der Waals surface area contributed by atoms with Crippen LogP contribution in [0.4, 0.5) is 17.1 Å². The third kappa shape index (κ3) is 2.20. The van der Waals surface area contributed by atoms with Crippen LogP contribution in [0.15, 0.2) is 12.1 Å². The molecule has 2 aliphatic heterocycles. The van der Waals surface area contributed by atoms with Gasteiger partial charge in [0.2, 0.25) is 5.91 Å². The van der Waals surface area contributed by atoms with E-state index in [9.17, 15) is 20.0 Å². The standard InChI is InChI=1S/C13H15N3O4/c17-9-2-1-3-15(7-9)11-6-10-8(5-13(18)14-10)4-12(11)16(19)20/h4,6,9,17H,1-3,5,7H2,(H,14,18)/t9-/m0/s1. The Balaban J connectivity index is 2.02. The third-order valence-electron chi connectivity index (χ3n) is 3.76. The number of nitro groups is 1. The molecule has 0 spiro atoms. The van der Waals surface area contributed by atoms with Crippen LogP contribution in [0.1, 0.15) is 18.4 Å². The SMILES string of the molecule is O=C1Cc2cc([N+](=O)[O-])c(N3CCC[C@H](O)C3)cc2N1. The summed E-state index contributed by atoms with van der Waals surface area (Å²) in [5.41, 5.74) is 1.75. The molecule has 1 fully saturated rings. The van der Waals surface area contributed by atoms with Gasteiger partial charge in [-0.15, -0.1) is 0 Å². The lowest BCUT2D eigenvalue weighted by atomic mass is 10.0. The van der Waals surface area contributed by atoms with Gasteiger partial charge in [-0.25, -0.2) is 0 Å².